The molecule has 0 aliphatic carbocycles. The molecule has 3 nitrogen and oxygen atoms in total. The Bertz CT molecular complexity index is 281. The number of hydrogen-bond donors (Lipinski definition) is 1. The Balaban J connectivity index is 2.08. The lowest BCUT2D eigenvalue weighted by molar-refractivity contribution is 0.170. The van der Waals surface area contributed by atoms with Crippen LogP contribution < -0.4 is 5.73 Å². The topological polar surface area (TPSA) is 42.1 Å². The number of aromatic nitrogens is 1. The minimum absolute atomic E-state index is 0.594. The van der Waals surface area contributed by atoms with E-state index >= 15 is 0 Å². The Hall–Kier alpha value is -0.930. The molecule has 13 heavy (non-hydrogen) atoms. The van der Waals surface area contributed by atoms with Gasteiger partial charge in [-0.05, 0) is 31.1 Å². The molecule has 1 fully saturated rings. The highest BCUT2D eigenvalue weighted by Gasteiger charge is 2.15. The van der Waals surface area contributed by atoms with Crippen LogP contribution in [-0.2, 0) is 13.1 Å². The van der Waals surface area contributed by atoms with Crippen molar-refractivity contribution in [2.45, 2.75) is 19.5 Å². The van der Waals surface area contributed by atoms with Crippen molar-refractivity contribution in [1.82, 2.24) is 9.88 Å². The molecule has 1 aromatic heterocycles. The van der Waals surface area contributed by atoms with Crippen molar-refractivity contribution in [2.75, 3.05) is 13.1 Å². The van der Waals surface area contributed by atoms with Crippen molar-refractivity contribution in [3.05, 3.63) is 29.6 Å². The molecule has 0 radical (unpaired) electrons. The molecule has 1 saturated heterocycles. The van der Waals surface area contributed by atoms with Crippen LogP contribution in [0.2, 0.25) is 0 Å². The van der Waals surface area contributed by atoms with Crippen molar-refractivity contribution in [3.63, 3.8) is 0 Å². The average Bonchev–Trinajstić information content (AvgIpc) is 2.12. The zero-order chi connectivity index (χ0) is 9.10. The number of likely N-dealkylation sites (tertiary alicyclic amines) is 1. The summed E-state index contributed by atoms with van der Waals surface area (Å²) >= 11 is 0. The third-order valence-corrected chi connectivity index (χ3v) is 2.53. The van der Waals surface area contributed by atoms with Crippen molar-refractivity contribution >= 4 is 0 Å². The normalized spacial score (nSPS) is 17.0. The monoisotopic (exact) mass is 177 g/mol. The maximum atomic E-state index is 5.63. The minimum Gasteiger partial charge on any atom is -0.326 e. The molecule has 1 aliphatic rings. The molecular weight excluding hydrogens is 162 g/mol. The van der Waals surface area contributed by atoms with E-state index in [1.54, 1.807) is 0 Å². The molecular formula is C10H15N3. The van der Waals surface area contributed by atoms with Gasteiger partial charge in [0.15, 0.2) is 0 Å². The Morgan fingerprint density at radius 2 is 2.31 bits per heavy atom. The zero-order valence-corrected chi connectivity index (χ0v) is 7.74. The predicted octanol–water partition coefficient (Wildman–Crippen LogP) is 0.746. The predicted molar refractivity (Wildman–Crippen MR) is 52.0 cm³/mol. The van der Waals surface area contributed by atoms with E-state index in [9.17, 15) is 0 Å². The van der Waals surface area contributed by atoms with E-state index in [2.05, 4.69) is 16.0 Å². The summed E-state index contributed by atoms with van der Waals surface area (Å²) < 4.78 is 0. The number of pyridine rings is 1. The highest BCUT2D eigenvalue weighted by Crippen LogP contribution is 2.13. The SMILES string of the molecule is NCc1cccnc1CN1CCC1. The van der Waals surface area contributed by atoms with Crippen LogP contribution in [0.5, 0.6) is 0 Å². The van der Waals surface area contributed by atoms with Gasteiger partial charge in [0.25, 0.3) is 0 Å². The first-order valence-corrected chi connectivity index (χ1v) is 4.75. The molecule has 0 aromatic carbocycles. The smallest absolute Gasteiger partial charge is 0.0588 e. The van der Waals surface area contributed by atoms with E-state index in [0.717, 1.165) is 12.2 Å². The third kappa shape index (κ3) is 1.87. The summed E-state index contributed by atoms with van der Waals surface area (Å²) in [5.41, 5.74) is 7.95. The quantitative estimate of drug-likeness (QED) is 0.740. The lowest BCUT2D eigenvalue weighted by Gasteiger charge is -2.30. The van der Waals surface area contributed by atoms with Crippen molar-refractivity contribution < 1.29 is 0 Å². The second-order valence-electron chi connectivity index (χ2n) is 3.44. The van der Waals surface area contributed by atoms with Crippen LogP contribution in [0.15, 0.2) is 18.3 Å². The lowest BCUT2D eigenvalue weighted by Crippen LogP contribution is -2.36. The molecule has 0 spiro atoms. The highest BCUT2D eigenvalue weighted by atomic mass is 15.2. The van der Waals surface area contributed by atoms with Gasteiger partial charge in [-0.25, -0.2) is 0 Å². The summed E-state index contributed by atoms with van der Waals surface area (Å²) in [4.78, 5) is 6.74. The Morgan fingerprint density at radius 1 is 1.46 bits per heavy atom. The number of nitrogens with two attached hydrogens (primary N) is 1. The molecule has 0 saturated carbocycles. The van der Waals surface area contributed by atoms with Gasteiger partial charge < -0.3 is 5.73 Å². The second-order valence-corrected chi connectivity index (χ2v) is 3.44. The molecule has 0 unspecified atom stereocenters. The first-order chi connectivity index (χ1) is 6.40. The summed E-state index contributed by atoms with van der Waals surface area (Å²) in [6.07, 6.45) is 3.17. The van der Waals surface area contributed by atoms with Gasteiger partial charge in [0.2, 0.25) is 0 Å². The Morgan fingerprint density at radius 3 is 2.92 bits per heavy atom. The summed E-state index contributed by atoms with van der Waals surface area (Å²) in [6.45, 7) is 3.98. The van der Waals surface area contributed by atoms with Crippen LogP contribution in [0.3, 0.4) is 0 Å². The molecule has 2 heterocycles. The van der Waals surface area contributed by atoms with Gasteiger partial charge in [0.05, 0.1) is 5.69 Å². The van der Waals surface area contributed by atoms with Crippen LogP contribution in [-0.4, -0.2) is 23.0 Å². The van der Waals surface area contributed by atoms with Gasteiger partial charge in [0.1, 0.15) is 0 Å². The summed E-state index contributed by atoms with van der Waals surface area (Å²) in [7, 11) is 0. The maximum Gasteiger partial charge on any atom is 0.0588 e. The minimum atomic E-state index is 0.594. The van der Waals surface area contributed by atoms with Crippen LogP contribution in [0, 0.1) is 0 Å². The first-order valence-electron chi connectivity index (χ1n) is 4.75. The average molecular weight is 177 g/mol. The van der Waals surface area contributed by atoms with Gasteiger partial charge in [-0.3, -0.25) is 9.88 Å². The summed E-state index contributed by atoms with van der Waals surface area (Å²) in [5.74, 6) is 0. The fourth-order valence-electron chi connectivity index (χ4n) is 1.55. The molecule has 2 N–H and O–H groups in total. The van der Waals surface area contributed by atoms with Crippen LogP contribution in [0.25, 0.3) is 0 Å². The van der Waals surface area contributed by atoms with Gasteiger partial charge in [-0.1, -0.05) is 6.07 Å². The molecule has 0 amide bonds. The van der Waals surface area contributed by atoms with Crippen LogP contribution in [0.4, 0.5) is 0 Å². The molecule has 1 aliphatic heterocycles. The van der Waals surface area contributed by atoms with Crippen molar-refractivity contribution in [3.8, 4) is 0 Å². The van der Waals surface area contributed by atoms with Crippen LogP contribution in [0.1, 0.15) is 17.7 Å². The van der Waals surface area contributed by atoms with E-state index in [-0.39, 0.29) is 0 Å². The number of rotatable bonds is 3. The summed E-state index contributed by atoms with van der Waals surface area (Å²) in [6, 6.07) is 4.00. The fourth-order valence-corrected chi connectivity index (χ4v) is 1.55. The Labute approximate surface area is 78.6 Å². The molecule has 3 heteroatoms. The second kappa shape index (κ2) is 3.85. The molecule has 2 rings (SSSR count). The lowest BCUT2D eigenvalue weighted by atomic mass is 10.1. The molecule has 70 valence electrons. The van der Waals surface area contributed by atoms with E-state index in [1.165, 1.54) is 25.1 Å². The van der Waals surface area contributed by atoms with Crippen molar-refractivity contribution in [1.29, 1.82) is 0 Å². The Kier molecular flexibility index (Phi) is 2.57. The zero-order valence-electron chi connectivity index (χ0n) is 7.74. The standard InChI is InChI=1S/C10H15N3/c11-7-9-3-1-4-12-10(9)8-13-5-2-6-13/h1,3-4H,2,5-8,11H2. The maximum absolute atomic E-state index is 5.63. The molecule has 0 atom stereocenters. The molecule has 1 aromatic rings. The van der Waals surface area contributed by atoms with Gasteiger partial charge in [-0.15, -0.1) is 0 Å². The van der Waals surface area contributed by atoms with Crippen LogP contribution >= 0.6 is 0 Å². The van der Waals surface area contributed by atoms with Gasteiger partial charge >= 0.3 is 0 Å². The largest absolute Gasteiger partial charge is 0.326 e. The third-order valence-electron chi connectivity index (χ3n) is 2.53. The number of hydrogen-bond acceptors (Lipinski definition) is 3. The van der Waals surface area contributed by atoms with Gasteiger partial charge in [-0.2, -0.15) is 0 Å². The van der Waals surface area contributed by atoms with E-state index in [1.807, 2.05) is 12.3 Å². The van der Waals surface area contributed by atoms with E-state index in [0.29, 0.717) is 6.54 Å². The first kappa shape index (κ1) is 8.66. The van der Waals surface area contributed by atoms with E-state index in [4.69, 9.17) is 5.73 Å². The van der Waals surface area contributed by atoms with E-state index < -0.39 is 0 Å². The molecule has 0 bridgehead atoms. The number of nitrogens with zero attached hydrogens (tertiary/aromatic N) is 2. The van der Waals surface area contributed by atoms with Crippen molar-refractivity contribution in [2.24, 2.45) is 5.73 Å². The van der Waals surface area contributed by atoms with Gasteiger partial charge in [0, 0.05) is 19.3 Å². The fraction of sp³-hybridized carbons (Fsp3) is 0.500. The summed E-state index contributed by atoms with van der Waals surface area (Å²) in [5, 5.41) is 0. The highest BCUT2D eigenvalue weighted by molar-refractivity contribution is 5.19.